The highest BCUT2D eigenvalue weighted by Crippen LogP contribution is 2.35. The molecule has 0 bridgehead atoms. The molecule has 3 saturated heterocycles. The van der Waals surface area contributed by atoms with E-state index in [4.69, 9.17) is 21.6 Å². The van der Waals surface area contributed by atoms with Crippen LogP contribution >= 0.6 is 11.6 Å². The Morgan fingerprint density at radius 2 is 1.54 bits per heavy atom. The van der Waals surface area contributed by atoms with Crippen molar-refractivity contribution in [3.8, 4) is 11.8 Å². The number of halogens is 2. The molecule has 59 heavy (non-hydrogen) atoms. The van der Waals surface area contributed by atoms with Crippen molar-refractivity contribution in [2.75, 3.05) is 43.0 Å². The molecule has 1 atom stereocenters. The lowest BCUT2D eigenvalue weighted by Crippen LogP contribution is -2.54. The molecule has 1 unspecified atom stereocenters. The number of fused-ring (bicyclic) bond motifs is 1. The fourth-order valence-corrected chi connectivity index (χ4v) is 9.30. The number of hydrogen-bond acceptors (Lipinski definition) is 12. The Kier molecular flexibility index (Phi) is 11.5. The van der Waals surface area contributed by atoms with E-state index in [1.54, 1.807) is 24.3 Å². The van der Waals surface area contributed by atoms with Crippen LogP contribution < -0.4 is 25.2 Å². The van der Waals surface area contributed by atoms with Crippen molar-refractivity contribution in [3.05, 3.63) is 75.7 Å². The minimum absolute atomic E-state index is 0.00307. The van der Waals surface area contributed by atoms with Gasteiger partial charge in [-0.15, -0.1) is 10.2 Å². The van der Waals surface area contributed by atoms with Crippen LogP contribution in [0.1, 0.15) is 101 Å². The van der Waals surface area contributed by atoms with E-state index in [1.165, 1.54) is 6.07 Å². The fraction of sp³-hybridized carbons (Fsp3) is 0.476. The topological polar surface area (TPSA) is 181 Å². The first-order valence-corrected chi connectivity index (χ1v) is 20.6. The smallest absolute Gasteiger partial charge is 0.272 e. The zero-order valence-electron chi connectivity index (χ0n) is 32.7. The van der Waals surface area contributed by atoms with Crippen LogP contribution in [0.15, 0.2) is 42.5 Å². The number of carbonyl (C=O) groups is 5. The summed E-state index contributed by atoms with van der Waals surface area (Å²) in [4.78, 5) is 70.9. The molecule has 17 heteroatoms. The van der Waals surface area contributed by atoms with E-state index in [0.29, 0.717) is 35.5 Å². The summed E-state index contributed by atoms with van der Waals surface area (Å²) in [5, 5.41) is 23.4. The highest BCUT2D eigenvalue weighted by molar-refractivity contribution is 6.31. The molecule has 3 aromatic rings. The number of nitrogens with zero attached hydrogens (tertiary/aromatic N) is 7. The van der Waals surface area contributed by atoms with Gasteiger partial charge in [0.05, 0.1) is 33.5 Å². The van der Waals surface area contributed by atoms with Crippen LogP contribution in [-0.4, -0.2) is 113 Å². The Balaban J connectivity index is 0.779. The zero-order valence-corrected chi connectivity index (χ0v) is 33.4. The van der Waals surface area contributed by atoms with Crippen LogP contribution in [0.5, 0.6) is 5.75 Å². The number of benzene rings is 2. The van der Waals surface area contributed by atoms with E-state index >= 15 is 4.39 Å². The number of amides is 5. The number of carbonyl (C=O) groups excluding carboxylic acids is 5. The average molecular weight is 826 g/mol. The van der Waals surface area contributed by atoms with Crippen LogP contribution in [0.25, 0.3) is 0 Å². The quantitative estimate of drug-likeness (QED) is 0.294. The molecule has 0 radical (unpaired) electrons. The normalized spacial score (nSPS) is 23.0. The predicted molar refractivity (Wildman–Crippen MR) is 214 cm³/mol. The maximum Gasteiger partial charge on any atom is 0.272 e. The van der Waals surface area contributed by atoms with Crippen molar-refractivity contribution in [1.82, 2.24) is 30.6 Å². The molecule has 0 spiro atoms. The maximum atomic E-state index is 15.5. The second-order valence-electron chi connectivity index (χ2n) is 16.0. The van der Waals surface area contributed by atoms with Crippen molar-refractivity contribution >= 4 is 52.6 Å². The number of piperidine rings is 3. The summed E-state index contributed by atoms with van der Waals surface area (Å²) in [7, 11) is 2.14. The Bertz CT molecular complexity index is 2190. The van der Waals surface area contributed by atoms with Gasteiger partial charge in [-0.05, 0) is 101 Å². The number of ether oxygens (including phenoxy) is 1. The van der Waals surface area contributed by atoms with Gasteiger partial charge in [0, 0.05) is 56.8 Å². The Hall–Kier alpha value is -5.66. The number of anilines is 2. The van der Waals surface area contributed by atoms with Gasteiger partial charge in [0.15, 0.2) is 11.5 Å². The third kappa shape index (κ3) is 8.31. The van der Waals surface area contributed by atoms with Crippen molar-refractivity contribution in [2.45, 2.75) is 94.5 Å². The Morgan fingerprint density at radius 3 is 2.15 bits per heavy atom. The lowest BCUT2D eigenvalue weighted by molar-refractivity contribution is -0.136. The zero-order chi connectivity index (χ0) is 41.4. The Morgan fingerprint density at radius 1 is 0.881 bits per heavy atom. The van der Waals surface area contributed by atoms with Gasteiger partial charge >= 0.3 is 0 Å². The first-order chi connectivity index (χ1) is 28.5. The second kappa shape index (κ2) is 16.9. The molecule has 5 amide bonds. The van der Waals surface area contributed by atoms with E-state index in [2.05, 4.69) is 37.7 Å². The molecule has 1 saturated carbocycles. The third-order valence-electron chi connectivity index (χ3n) is 12.5. The largest absolute Gasteiger partial charge is 0.490 e. The van der Waals surface area contributed by atoms with Gasteiger partial charge in [0.2, 0.25) is 11.8 Å². The summed E-state index contributed by atoms with van der Waals surface area (Å²) in [6, 6.07) is 12.7. The molecule has 1 aliphatic carbocycles. The van der Waals surface area contributed by atoms with Gasteiger partial charge in [-0.25, -0.2) is 4.39 Å². The molecule has 5 aliphatic rings. The van der Waals surface area contributed by atoms with Crippen LogP contribution in [-0.2, 0) is 9.59 Å². The van der Waals surface area contributed by atoms with Crippen LogP contribution in [0.4, 0.5) is 15.9 Å². The van der Waals surface area contributed by atoms with Crippen molar-refractivity contribution < 1.29 is 33.1 Å². The van der Waals surface area contributed by atoms with Crippen LogP contribution in [0.3, 0.4) is 0 Å². The van der Waals surface area contributed by atoms with Crippen molar-refractivity contribution in [3.63, 3.8) is 0 Å². The molecule has 15 nitrogen and oxygen atoms in total. The van der Waals surface area contributed by atoms with Gasteiger partial charge in [0.1, 0.15) is 23.7 Å². The number of imide groups is 2. The molecule has 1 aromatic heterocycles. The van der Waals surface area contributed by atoms with Crippen LogP contribution in [0.2, 0.25) is 5.02 Å². The molecule has 8 rings (SSSR count). The lowest BCUT2D eigenvalue weighted by atomic mass is 9.93. The first-order valence-electron chi connectivity index (χ1n) is 20.2. The summed E-state index contributed by atoms with van der Waals surface area (Å²) in [6.45, 7) is 2.72. The lowest BCUT2D eigenvalue weighted by Gasteiger charge is -2.44. The number of nitriles is 1. The highest BCUT2D eigenvalue weighted by atomic mass is 35.5. The molecule has 4 fully saturated rings. The molecular formula is C42H45ClFN9O6. The van der Waals surface area contributed by atoms with Gasteiger partial charge in [-0.3, -0.25) is 34.2 Å². The fourth-order valence-electron chi connectivity index (χ4n) is 9.09. The molecule has 4 aliphatic heterocycles. The summed E-state index contributed by atoms with van der Waals surface area (Å²) in [6.07, 6.45) is 6.56. The standard InChI is InChI=1S/C42H45ClFN9O6/c1-50(26-12-16-51(17-13-26)36-22-31-30(21-33(36)44)41(57)53(42(31)58)35-9-11-38(54)47-40(35)56)27-14-18-52(19-15-27)37-10-8-34(48-49-37)39(55)46-25-3-6-28(7-4-25)59-29-5-2-24(23-45)32(43)20-29/h2,5,8,10,20-22,25-28,35H,3-4,6-7,9,11-19H2,1H3,(H,46,55)(H,47,54,56). The summed E-state index contributed by atoms with van der Waals surface area (Å²) < 4.78 is 21.6. The summed E-state index contributed by atoms with van der Waals surface area (Å²) in [5.74, 6) is -2.03. The maximum absolute atomic E-state index is 15.5. The number of rotatable bonds is 9. The van der Waals surface area contributed by atoms with Gasteiger partial charge in [0.25, 0.3) is 17.7 Å². The molecule has 2 N–H and O–H groups in total. The number of hydrogen-bond donors (Lipinski definition) is 2. The van der Waals surface area contributed by atoms with Crippen molar-refractivity contribution in [2.24, 2.45) is 0 Å². The van der Waals surface area contributed by atoms with E-state index < -0.39 is 35.5 Å². The molecule has 2 aromatic carbocycles. The average Bonchev–Trinajstić information content (AvgIpc) is 3.48. The first kappa shape index (κ1) is 40.1. The predicted octanol–water partition coefficient (Wildman–Crippen LogP) is 4.23. The van der Waals surface area contributed by atoms with Gasteiger partial charge in [-0.2, -0.15) is 5.26 Å². The number of aromatic nitrogens is 2. The SMILES string of the molecule is CN(C1CCN(c2ccc(C(=O)NC3CCC(Oc4ccc(C#N)c(Cl)c4)CC3)nn2)CC1)C1CCN(c2cc3c(cc2F)C(=O)N(C2CCC(=O)NC2=O)C3=O)CC1. The Labute approximate surface area is 345 Å². The minimum Gasteiger partial charge on any atom is -0.490 e. The minimum atomic E-state index is -1.11. The number of nitrogens with one attached hydrogen (secondary N) is 2. The van der Waals surface area contributed by atoms with E-state index in [1.807, 2.05) is 17.0 Å². The van der Waals surface area contributed by atoms with E-state index in [-0.39, 0.29) is 59.4 Å². The van der Waals surface area contributed by atoms with E-state index in [0.717, 1.165) is 81.2 Å². The molecular weight excluding hydrogens is 781 g/mol. The second-order valence-corrected chi connectivity index (χ2v) is 16.4. The summed E-state index contributed by atoms with van der Waals surface area (Å²) >= 11 is 6.14. The van der Waals surface area contributed by atoms with Gasteiger partial charge < -0.3 is 24.8 Å². The monoisotopic (exact) mass is 825 g/mol. The van der Waals surface area contributed by atoms with Crippen LogP contribution in [0, 0.1) is 17.1 Å². The van der Waals surface area contributed by atoms with Gasteiger partial charge in [-0.1, -0.05) is 11.6 Å². The third-order valence-corrected chi connectivity index (χ3v) is 12.8. The highest BCUT2D eigenvalue weighted by Gasteiger charge is 2.45. The summed E-state index contributed by atoms with van der Waals surface area (Å²) in [5.41, 5.74) is 0.936. The molecule has 308 valence electrons. The van der Waals surface area contributed by atoms with E-state index in [9.17, 15) is 24.0 Å². The molecule has 5 heterocycles. The van der Waals surface area contributed by atoms with Crippen molar-refractivity contribution in [1.29, 1.82) is 5.26 Å².